The van der Waals surface area contributed by atoms with E-state index in [9.17, 15) is 14.7 Å². The van der Waals surface area contributed by atoms with Crippen LogP contribution in [0.2, 0.25) is 0 Å². The van der Waals surface area contributed by atoms with E-state index in [1.165, 1.54) is 0 Å². The normalized spacial score (nSPS) is 15.6. The molecule has 6 heteroatoms. The van der Waals surface area contributed by atoms with E-state index in [1.54, 1.807) is 29.2 Å². The van der Waals surface area contributed by atoms with Gasteiger partial charge in [0, 0.05) is 13.2 Å². The third kappa shape index (κ3) is 3.59. The number of fused-ring (bicyclic) bond motifs is 2. The van der Waals surface area contributed by atoms with Crippen LogP contribution in [0.3, 0.4) is 0 Å². The monoisotopic (exact) mass is 407 g/mol. The second-order valence-electron chi connectivity index (χ2n) is 7.42. The van der Waals surface area contributed by atoms with Gasteiger partial charge in [-0.3, -0.25) is 9.59 Å². The van der Waals surface area contributed by atoms with Crippen molar-refractivity contribution >= 4 is 16.9 Å². The lowest BCUT2D eigenvalue weighted by Gasteiger charge is -2.25. The third-order valence-corrected chi connectivity index (χ3v) is 5.37. The molecule has 4 rings (SSSR count). The summed E-state index contributed by atoms with van der Waals surface area (Å²) in [4.78, 5) is 28.1. The van der Waals surface area contributed by atoms with E-state index < -0.39 is 6.04 Å². The number of carbonyl (C=O) groups excluding carboxylic acids is 1. The van der Waals surface area contributed by atoms with Crippen LogP contribution in [-0.2, 0) is 0 Å². The Morgan fingerprint density at radius 1 is 1.10 bits per heavy atom. The molecule has 1 atom stereocenters. The number of aliphatic hydroxyl groups is 1. The Morgan fingerprint density at radius 3 is 2.73 bits per heavy atom. The van der Waals surface area contributed by atoms with E-state index in [0.717, 1.165) is 18.4 Å². The Kier molecular flexibility index (Phi) is 5.86. The minimum atomic E-state index is -0.574. The van der Waals surface area contributed by atoms with Gasteiger partial charge in [0.2, 0.25) is 5.76 Å². The summed E-state index contributed by atoms with van der Waals surface area (Å²) in [6.45, 7) is 2.99. The first kappa shape index (κ1) is 20.2. The van der Waals surface area contributed by atoms with Crippen molar-refractivity contribution in [2.45, 2.75) is 32.2 Å². The van der Waals surface area contributed by atoms with Crippen molar-refractivity contribution in [1.29, 1.82) is 0 Å². The quantitative estimate of drug-likeness (QED) is 0.573. The minimum absolute atomic E-state index is 0.0453. The van der Waals surface area contributed by atoms with Crippen LogP contribution in [0.25, 0.3) is 11.0 Å². The lowest BCUT2D eigenvalue weighted by molar-refractivity contribution is 0.0716. The highest BCUT2D eigenvalue weighted by Gasteiger charge is 2.42. The number of amides is 1. The molecular weight excluding hydrogens is 382 g/mol. The number of rotatable bonds is 8. The summed E-state index contributed by atoms with van der Waals surface area (Å²) >= 11 is 0. The van der Waals surface area contributed by atoms with Gasteiger partial charge in [-0.1, -0.05) is 37.6 Å². The molecule has 0 aliphatic carbocycles. The van der Waals surface area contributed by atoms with Crippen LogP contribution in [0.1, 0.15) is 53.9 Å². The predicted octanol–water partition coefficient (Wildman–Crippen LogP) is 3.90. The number of unbranched alkanes of at least 4 members (excludes halogenated alkanes) is 1. The van der Waals surface area contributed by atoms with E-state index >= 15 is 0 Å². The van der Waals surface area contributed by atoms with Crippen LogP contribution in [0.4, 0.5) is 0 Å². The zero-order valence-electron chi connectivity index (χ0n) is 17.0. The van der Waals surface area contributed by atoms with Crippen molar-refractivity contribution in [3.63, 3.8) is 0 Å². The molecule has 1 N–H and O–H groups in total. The molecular formula is C24H25NO5. The molecule has 0 unspecified atom stereocenters. The van der Waals surface area contributed by atoms with Crippen LogP contribution in [-0.4, -0.2) is 35.7 Å². The first-order valence-corrected chi connectivity index (χ1v) is 10.4. The highest BCUT2D eigenvalue weighted by Crippen LogP contribution is 2.39. The maximum absolute atomic E-state index is 13.3. The van der Waals surface area contributed by atoms with Crippen LogP contribution in [0.15, 0.2) is 57.7 Å². The maximum atomic E-state index is 13.3. The van der Waals surface area contributed by atoms with E-state index in [2.05, 4.69) is 6.92 Å². The molecule has 2 heterocycles. The van der Waals surface area contributed by atoms with Gasteiger partial charge in [0.25, 0.3) is 5.91 Å². The molecule has 1 amide bonds. The predicted molar refractivity (Wildman–Crippen MR) is 114 cm³/mol. The lowest BCUT2D eigenvalue weighted by Crippen LogP contribution is -2.31. The number of hydrogen-bond donors (Lipinski definition) is 1. The van der Waals surface area contributed by atoms with Gasteiger partial charge in [0.05, 0.1) is 23.6 Å². The first-order valence-electron chi connectivity index (χ1n) is 10.4. The summed E-state index contributed by atoms with van der Waals surface area (Å²) in [5, 5.41) is 9.77. The van der Waals surface area contributed by atoms with Crippen LogP contribution in [0, 0.1) is 0 Å². The molecule has 1 aliphatic rings. The number of nitrogens with zero attached hydrogens (tertiary/aromatic N) is 1. The fourth-order valence-electron chi connectivity index (χ4n) is 3.89. The number of aliphatic hydroxyl groups excluding tert-OH is 1. The molecule has 6 nitrogen and oxygen atoms in total. The summed E-state index contributed by atoms with van der Waals surface area (Å²) in [5.74, 6) is 0.455. The Bertz CT molecular complexity index is 1120. The fourth-order valence-corrected chi connectivity index (χ4v) is 3.89. The van der Waals surface area contributed by atoms with Gasteiger partial charge in [-0.15, -0.1) is 0 Å². The molecule has 0 saturated carbocycles. The van der Waals surface area contributed by atoms with Gasteiger partial charge in [0.1, 0.15) is 11.3 Å². The van der Waals surface area contributed by atoms with Gasteiger partial charge < -0.3 is 19.2 Å². The Balaban J connectivity index is 1.83. The molecule has 30 heavy (non-hydrogen) atoms. The van der Waals surface area contributed by atoms with Gasteiger partial charge in [-0.25, -0.2) is 0 Å². The van der Waals surface area contributed by atoms with Crippen molar-refractivity contribution in [3.05, 3.63) is 75.6 Å². The number of ether oxygens (including phenoxy) is 1. The average molecular weight is 407 g/mol. The molecule has 1 aliphatic heterocycles. The van der Waals surface area contributed by atoms with Gasteiger partial charge >= 0.3 is 0 Å². The molecule has 0 fully saturated rings. The second kappa shape index (κ2) is 8.71. The van der Waals surface area contributed by atoms with Gasteiger partial charge in [-0.05, 0) is 42.7 Å². The van der Waals surface area contributed by atoms with Crippen molar-refractivity contribution in [2.75, 3.05) is 19.8 Å². The van der Waals surface area contributed by atoms with E-state index in [0.29, 0.717) is 41.9 Å². The van der Waals surface area contributed by atoms with Crippen LogP contribution in [0.5, 0.6) is 5.75 Å². The second-order valence-corrected chi connectivity index (χ2v) is 7.42. The Labute approximate surface area is 174 Å². The summed E-state index contributed by atoms with van der Waals surface area (Å²) in [6, 6.07) is 13.9. The topological polar surface area (TPSA) is 80.0 Å². The minimum Gasteiger partial charge on any atom is -0.494 e. The molecule has 2 aromatic carbocycles. The summed E-state index contributed by atoms with van der Waals surface area (Å²) < 4.78 is 11.7. The van der Waals surface area contributed by atoms with Crippen LogP contribution < -0.4 is 10.2 Å². The van der Waals surface area contributed by atoms with Crippen molar-refractivity contribution in [1.82, 2.24) is 4.90 Å². The third-order valence-electron chi connectivity index (χ3n) is 5.37. The molecule has 0 spiro atoms. The highest BCUT2D eigenvalue weighted by molar-refractivity contribution is 5.99. The molecule has 0 radical (unpaired) electrons. The van der Waals surface area contributed by atoms with Crippen molar-refractivity contribution in [2.24, 2.45) is 0 Å². The maximum Gasteiger partial charge on any atom is 0.290 e. The number of para-hydroxylation sites is 1. The zero-order chi connectivity index (χ0) is 21.1. The average Bonchev–Trinajstić information content (AvgIpc) is 3.05. The highest BCUT2D eigenvalue weighted by atomic mass is 16.5. The van der Waals surface area contributed by atoms with Gasteiger partial charge in [0.15, 0.2) is 5.43 Å². The Morgan fingerprint density at radius 2 is 1.93 bits per heavy atom. The van der Waals surface area contributed by atoms with Crippen molar-refractivity contribution < 1.29 is 19.1 Å². The van der Waals surface area contributed by atoms with E-state index in [1.807, 2.05) is 24.3 Å². The molecule has 0 saturated heterocycles. The smallest absolute Gasteiger partial charge is 0.290 e. The summed E-state index contributed by atoms with van der Waals surface area (Å²) in [6.07, 6.45) is 2.40. The van der Waals surface area contributed by atoms with Gasteiger partial charge in [-0.2, -0.15) is 0 Å². The van der Waals surface area contributed by atoms with Crippen molar-refractivity contribution in [3.8, 4) is 5.75 Å². The number of benzene rings is 2. The first-order chi connectivity index (χ1) is 14.7. The summed E-state index contributed by atoms with van der Waals surface area (Å²) in [5.41, 5.74) is 1.34. The molecule has 156 valence electrons. The van der Waals surface area contributed by atoms with E-state index in [4.69, 9.17) is 9.15 Å². The van der Waals surface area contributed by atoms with E-state index in [-0.39, 0.29) is 23.7 Å². The lowest BCUT2D eigenvalue weighted by atomic mass is 9.98. The van der Waals surface area contributed by atoms with Crippen LogP contribution >= 0.6 is 0 Å². The number of hydrogen-bond acceptors (Lipinski definition) is 5. The summed E-state index contributed by atoms with van der Waals surface area (Å²) in [7, 11) is 0. The zero-order valence-corrected chi connectivity index (χ0v) is 17.0. The fraction of sp³-hybridized carbons (Fsp3) is 0.333. The SMILES string of the molecule is CCCCOc1cccc([C@H]2c3c(oc4ccccc4c3=O)C(=O)N2CCCO)c1. The standard InChI is InChI=1S/C24H25NO5/c1-2-3-14-29-17-9-6-8-16(15-17)21-20-22(27)18-10-4-5-11-19(18)30-23(20)24(28)25(21)12-7-13-26/h4-6,8-11,15,21,26H,2-3,7,12-14H2,1H3/t21-/m0/s1. The number of carbonyl (C=O) groups is 1. The molecule has 3 aromatic rings. The molecule has 0 bridgehead atoms. The largest absolute Gasteiger partial charge is 0.494 e. The molecule has 1 aromatic heterocycles. The Hall–Kier alpha value is -3.12.